The van der Waals surface area contributed by atoms with Crippen molar-refractivity contribution in [1.82, 2.24) is 10.2 Å². The van der Waals surface area contributed by atoms with E-state index in [1.54, 1.807) is 12.1 Å². The SMILES string of the molecule is CC(=O)NCc1c(F)cc(OCCCN(Cc2cccc(C(F)(F)F)c2Cl)CC(C)(C)c2ccc(F)cc2)cc1S(C)(=O)=O. The predicted molar refractivity (Wildman–Crippen MR) is 158 cm³/mol. The number of rotatable bonds is 13. The highest BCUT2D eigenvalue weighted by atomic mass is 35.5. The highest BCUT2D eigenvalue weighted by molar-refractivity contribution is 7.90. The molecule has 240 valence electrons. The van der Waals surface area contributed by atoms with E-state index in [0.29, 0.717) is 19.5 Å². The van der Waals surface area contributed by atoms with Crippen LogP contribution in [0.2, 0.25) is 5.02 Å². The van der Waals surface area contributed by atoms with Gasteiger partial charge in [0.25, 0.3) is 0 Å². The molecule has 0 fully saturated rings. The van der Waals surface area contributed by atoms with E-state index in [1.807, 2.05) is 18.7 Å². The minimum Gasteiger partial charge on any atom is -0.493 e. The largest absolute Gasteiger partial charge is 0.493 e. The summed E-state index contributed by atoms with van der Waals surface area (Å²) in [6.07, 6.45) is -3.38. The number of sulfone groups is 1. The molecule has 0 saturated carbocycles. The Kier molecular flexibility index (Phi) is 11.4. The van der Waals surface area contributed by atoms with Crippen LogP contribution in [-0.4, -0.2) is 45.2 Å². The van der Waals surface area contributed by atoms with Crippen LogP contribution in [-0.2, 0) is 39.3 Å². The minimum absolute atomic E-state index is 0.0253. The quantitative estimate of drug-likeness (QED) is 0.159. The molecule has 44 heavy (non-hydrogen) atoms. The van der Waals surface area contributed by atoms with Crippen LogP contribution >= 0.6 is 11.6 Å². The van der Waals surface area contributed by atoms with Crippen molar-refractivity contribution in [2.75, 3.05) is 26.0 Å². The molecular weight excluding hydrogens is 627 g/mol. The average Bonchev–Trinajstić information content (AvgIpc) is 2.90. The maximum Gasteiger partial charge on any atom is 0.417 e. The van der Waals surface area contributed by atoms with Crippen molar-refractivity contribution in [3.05, 3.63) is 93.5 Å². The number of hydrogen-bond acceptors (Lipinski definition) is 5. The minimum atomic E-state index is -4.63. The maximum absolute atomic E-state index is 14.9. The number of carbonyl (C=O) groups excluding carboxylic acids is 1. The van der Waals surface area contributed by atoms with Crippen molar-refractivity contribution in [3.8, 4) is 5.75 Å². The summed E-state index contributed by atoms with van der Waals surface area (Å²) in [5.41, 5.74) is -0.587. The molecule has 0 aromatic heterocycles. The summed E-state index contributed by atoms with van der Waals surface area (Å²) in [7, 11) is -3.87. The number of ether oxygens (including phenoxy) is 1. The number of hydrogen-bond donors (Lipinski definition) is 1. The summed E-state index contributed by atoms with van der Waals surface area (Å²) in [4.78, 5) is 12.9. The molecule has 3 rings (SSSR count). The second kappa shape index (κ2) is 14.3. The Morgan fingerprint density at radius 2 is 1.70 bits per heavy atom. The average molecular weight is 661 g/mol. The summed E-state index contributed by atoms with van der Waals surface area (Å²) in [5.74, 6) is -1.75. The molecule has 0 aliphatic heterocycles. The number of benzene rings is 3. The summed E-state index contributed by atoms with van der Waals surface area (Å²) >= 11 is 6.18. The Hall–Kier alpha value is -3.22. The molecule has 1 N–H and O–H groups in total. The van der Waals surface area contributed by atoms with Gasteiger partial charge in [-0.05, 0) is 41.8 Å². The van der Waals surface area contributed by atoms with Crippen molar-refractivity contribution >= 4 is 27.3 Å². The van der Waals surface area contributed by atoms with Gasteiger partial charge in [0.1, 0.15) is 17.4 Å². The van der Waals surface area contributed by atoms with Gasteiger partial charge in [-0.25, -0.2) is 17.2 Å². The summed E-state index contributed by atoms with van der Waals surface area (Å²) < 4.78 is 99.3. The first kappa shape index (κ1) is 35.3. The van der Waals surface area contributed by atoms with Gasteiger partial charge in [0.2, 0.25) is 5.91 Å². The van der Waals surface area contributed by atoms with E-state index in [9.17, 15) is 35.2 Å². The van der Waals surface area contributed by atoms with E-state index in [2.05, 4.69) is 5.32 Å². The van der Waals surface area contributed by atoms with Gasteiger partial charge in [0, 0.05) is 56.4 Å². The zero-order valence-electron chi connectivity index (χ0n) is 24.7. The standard InChI is InChI=1S/C31H34ClF5N2O4S/c1-20(40)38-17-25-27(34)15-24(16-28(25)44(4,41)42)43-14-6-13-39(19-30(2,3)22-9-11-23(33)12-10-22)18-21-7-5-8-26(29(21)32)31(35,36)37/h5,7-12,15-16H,6,13-14,17-19H2,1-4H3,(H,38,40). The zero-order valence-corrected chi connectivity index (χ0v) is 26.3. The summed E-state index contributed by atoms with van der Waals surface area (Å²) in [6, 6.07) is 11.9. The van der Waals surface area contributed by atoms with Crippen molar-refractivity contribution in [3.63, 3.8) is 0 Å². The third-order valence-electron chi connectivity index (χ3n) is 6.95. The van der Waals surface area contributed by atoms with Crippen molar-refractivity contribution in [1.29, 1.82) is 0 Å². The van der Waals surface area contributed by atoms with E-state index >= 15 is 0 Å². The van der Waals surface area contributed by atoms with E-state index in [4.69, 9.17) is 16.3 Å². The topological polar surface area (TPSA) is 75.7 Å². The van der Waals surface area contributed by atoms with Gasteiger partial charge in [-0.3, -0.25) is 9.69 Å². The molecule has 0 atom stereocenters. The van der Waals surface area contributed by atoms with Crippen LogP contribution in [0.25, 0.3) is 0 Å². The van der Waals surface area contributed by atoms with Gasteiger partial charge in [0.15, 0.2) is 9.84 Å². The molecule has 0 spiro atoms. The molecule has 6 nitrogen and oxygen atoms in total. The predicted octanol–water partition coefficient (Wildman–Crippen LogP) is 6.93. The molecule has 3 aromatic rings. The monoisotopic (exact) mass is 660 g/mol. The normalized spacial score (nSPS) is 12.4. The van der Waals surface area contributed by atoms with Crippen molar-refractivity contribution < 1.29 is 39.9 Å². The van der Waals surface area contributed by atoms with E-state index in [-0.39, 0.29) is 41.5 Å². The fraction of sp³-hybridized carbons (Fsp3) is 0.387. The van der Waals surface area contributed by atoms with Crippen molar-refractivity contribution in [2.24, 2.45) is 0 Å². The Morgan fingerprint density at radius 1 is 1.05 bits per heavy atom. The van der Waals surface area contributed by atoms with Gasteiger partial charge in [-0.15, -0.1) is 0 Å². The van der Waals surface area contributed by atoms with E-state index in [1.165, 1.54) is 37.3 Å². The van der Waals surface area contributed by atoms with Gasteiger partial charge >= 0.3 is 6.18 Å². The molecule has 13 heteroatoms. The Bertz CT molecular complexity index is 1580. The second-order valence-corrected chi connectivity index (χ2v) is 13.5. The van der Waals surface area contributed by atoms with Crippen LogP contribution in [0, 0.1) is 11.6 Å². The molecule has 0 aliphatic rings. The first-order chi connectivity index (χ1) is 20.4. The molecule has 1 amide bonds. The summed E-state index contributed by atoms with van der Waals surface area (Å²) in [5, 5.41) is 1.99. The summed E-state index contributed by atoms with van der Waals surface area (Å²) in [6.45, 7) is 5.52. The molecular formula is C31H34ClF5N2O4S. The molecule has 0 unspecified atom stereocenters. The third kappa shape index (κ3) is 9.64. The van der Waals surface area contributed by atoms with Gasteiger partial charge in [-0.1, -0.05) is 49.7 Å². The lowest BCUT2D eigenvalue weighted by molar-refractivity contribution is -0.137. The lowest BCUT2D eigenvalue weighted by Gasteiger charge is -2.34. The van der Waals surface area contributed by atoms with Crippen LogP contribution in [0.5, 0.6) is 5.75 Å². The van der Waals surface area contributed by atoms with Crippen LogP contribution in [0.3, 0.4) is 0 Å². The number of carbonyl (C=O) groups is 1. The van der Waals surface area contributed by atoms with Gasteiger partial charge in [-0.2, -0.15) is 13.2 Å². The maximum atomic E-state index is 14.9. The highest BCUT2D eigenvalue weighted by Crippen LogP contribution is 2.37. The number of alkyl halides is 3. The van der Waals surface area contributed by atoms with E-state index in [0.717, 1.165) is 24.0 Å². The Balaban J connectivity index is 1.81. The Morgan fingerprint density at radius 3 is 2.30 bits per heavy atom. The lowest BCUT2D eigenvalue weighted by Crippen LogP contribution is -2.38. The molecule has 0 aliphatic carbocycles. The smallest absolute Gasteiger partial charge is 0.417 e. The second-order valence-electron chi connectivity index (χ2n) is 11.1. The number of nitrogens with one attached hydrogen (secondary N) is 1. The highest BCUT2D eigenvalue weighted by Gasteiger charge is 2.34. The molecule has 0 heterocycles. The van der Waals surface area contributed by atoms with Crippen molar-refractivity contribution in [2.45, 2.75) is 56.8 Å². The van der Waals surface area contributed by atoms with Gasteiger partial charge in [0.05, 0.1) is 22.1 Å². The van der Waals surface area contributed by atoms with Crippen LogP contribution in [0.4, 0.5) is 22.0 Å². The first-order valence-corrected chi connectivity index (χ1v) is 15.9. The first-order valence-electron chi connectivity index (χ1n) is 13.6. The molecule has 3 aromatic carbocycles. The van der Waals surface area contributed by atoms with Gasteiger partial charge < -0.3 is 10.1 Å². The number of nitrogens with zero attached hydrogens (tertiary/aromatic N) is 1. The number of amides is 1. The molecule has 0 bridgehead atoms. The third-order valence-corrected chi connectivity index (χ3v) is 8.56. The lowest BCUT2D eigenvalue weighted by atomic mass is 9.84. The van der Waals surface area contributed by atoms with Crippen LogP contribution in [0.15, 0.2) is 59.5 Å². The fourth-order valence-corrected chi connectivity index (χ4v) is 6.03. The molecule has 0 radical (unpaired) electrons. The zero-order chi connectivity index (χ0) is 32.9. The number of halogens is 6. The fourth-order valence-electron chi connectivity index (χ4n) is 4.79. The van der Waals surface area contributed by atoms with Crippen LogP contribution < -0.4 is 10.1 Å². The molecule has 0 saturated heterocycles. The van der Waals surface area contributed by atoms with E-state index < -0.39 is 49.6 Å². The van der Waals surface area contributed by atoms with Crippen LogP contribution in [0.1, 0.15) is 49.4 Å². The Labute approximate surface area is 259 Å².